The molecule has 5 rings (SSSR count). The smallest absolute Gasteiger partial charge is 0.220 e. The number of hydrogen-bond donors (Lipinski definition) is 2. The molecule has 1 heterocycles. The molecule has 1 aliphatic heterocycles. The lowest BCUT2D eigenvalue weighted by Crippen LogP contribution is -3.00. The molecule has 218 valence electrons. The minimum Gasteiger partial charge on any atom is -1.00 e. The van der Waals surface area contributed by atoms with Crippen molar-refractivity contribution in [1.82, 2.24) is 5.32 Å². The fourth-order valence-electron chi connectivity index (χ4n) is 11.1. The van der Waals surface area contributed by atoms with Crippen LogP contribution in [0.5, 0.6) is 0 Å². The number of quaternary nitrogens is 1. The van der Waals surface area contributed by atoms with Gasteiger partial charge in [-0.2, -0.15) is 0 Å². The topological polar surface area (TPSA) is 49.3 Å². The molecule has 0 aromatic carbocycles. The van der Waals surface area contributed by atoms with Crippen molar-refractivity contribution in [1.29, 1.82) is 0 Å². The number of hydrogen-bond acceptors (Lipinski definition) is 2. The van der Waals surface area contributed by atoms with E-state index in [0.717, 1.165) is 73.0 Å². The van der Waals surface area contributed by atoms with Gasteiger partial charge in [0, 0.05) is 19.3 Å². The molecule has 0 spiro atoms. The van der Waals surface area contributed by atoms with Gasteiger partial charge < -0.3 is 31.9 Å². The number of fused-ring (bicyclic) bond motifs is 5. The summed E-state index contributed by atoms with van der Waals surface area (Å²) in [5.74, 6) is 5.06. The van der Waals surface area contributed by atoms with Crippen LogP contribution in [0, 0.1) is 46.3 Å². The van der Waals surface area contributed by atoms with Crippen LogP contribution in [0.15, 0.2) is 12.7 Å². The largest absolute Gasteiger partial charge is 1.00 e. The summed E-state index contributed by atoms with van der Waals surface area (Å²) in [5, 5.41) is 13.6. The van der Waals surface area contributed by atoms with Crippen LogP contribution < -0.4 is 22.3 Å². The second-order valence-corrected chi connectivity index (χ2v) is 14.9. The predicted molar refractivity (Wildman–Crippen MR) is 152 cm³/mol. The second-order valence-electron chi connectivity index (χ2n) is 14.9. The maximum Gasteiger partial charge on any atom is 0.220 e. The molecule has 1 amide bonds. The average Bonchev–Trinajstić information content (AvgIpc) is 3.47. The van der Waals surface area contributed by atoms with Crippen LogP contribution in [0.1, 0.15) is 104 Å². The van der Waals surface area contributed by atoms with Gasteiger partial charge in [-0.25, -0.2) is 0 Å². The van der Waals surface area contributed by atoms with Crippen molar-refractivity contribution < 1.29 is 31.4 Å². The fourth-order valence-corrected chi connectivity index (χ4v) is 11.1. The number of carbonyl (C=O) groups is 1. The number of aliphatic hydroxyl groups is 1. The summed E-state index contributed by atoms with van der Waals surface area (Å²) in [4.78, 5) is 12.8. The summed E-state index contributed by atoms with van der Waals surface area (Å²) in [5.41, 5.74) is 0.929. The first-order chi connectivity index (χ1) is 17.7. The molecule has 4 saturated carbocycles. The molecule has 0 radical (unpaired) electrons. The quantitative estimate of drug-likeness (QED) is 0.319. The van der Waals surface area contributed by atoms with Crippen LogP contribution >= 0.6 is 0 Å². The van der Waals surface area contributed by atoms with E-state index in [1.54, 1.807) is 0 Å². The van der Waals surface area contributed by atoms with Gasteiger partial charge in [0.25, 0.3) is 0 Å². The highest BCUT2D eigenvalue weighted by atomic mass is 79.9. The van der Waals surface area contributed by atoms with Gasteiger partial charge in [0.15, 0.2) is 0 Å². The van der Waals surface area contributed by atoms with Gasteiger partial charge in [-0.1, -0.05) is 27.4 Å². The van der Waals surface area contributed by atoms with Gasteiger partial charge in [0.2, 0.25) is 5.91 Å². The molecule has 38 heavy (non-hydrogen) atoms. The van der Waals surface area contributed by atoms with Crippen molar-refractivity contribution in [3.8, 4) is 0 Å². The lowest BCUT2D eigenvalue weighted by Gasteiger charge is -2.61. The van der Waals surface area contributed by atoms with Crippen LogP contribution in [-0.2, 0) is 4.79 Å². The first-order valence-electron chi connectivity index (χ1n) is 16.1. The first-order valence-corrected chi connectivity index (χ1v) is 16.1. The predicted octanol–water partition coefficient (Wildman–Crippen LogP) is 3.34. The number of amides is 1. The number of nitrogens with zero attached hydrogens (tertiary/aromatic N) is 1. The standard InChI is InChI=1S/C33H56N2O2.BrH/c1-5-19-35(20-6-7-21-35)22-18-34-31(37)13-8-24(2)28-11-12-29-27-10-9-25-23-26(36)14-16-32(25,3)30(27)15-17-33(28,29)4;/h5,24-30,36H,1,6-23H2,2-4H3;1H/t24?,25?,26-,27?,28-,29?,30?,32+,33-;/m1./s1. The zero-order chi connectivity index (χ0) is 26.3. The molecule has 9 atom stereocenters. The van der Waals surface area contributed by atoms with Gasteiger partial charge in [-0.05, 0) is 117 Å². The van der Waals surface area contributed by atoms with E-state index in [0.29, 0.717) is 23.2 Å². The fraction of sp³-hybridized carbons (Fsp3) is 0.909. The average molecular weight is 594 g/mol. The molecule has 4 nitrogen and oxygen atoms in total. The third-order valence-corrected chi connectivity index (χ3v) is 13.2. The van der Waals surface area contributed by atoms with Crippen LogP contribution in [0.25, 0.3) is 0 Å². The van der Waals surface area contributed by atoms with Crippen molar-refractivity contribution in [3.05, 3.63) is 12.7 Å². The zero-order valence-corrected chi connectivity index (χ0v) is 26.3. The van der Waals surface area contributed by atoms with E-state index in [4.69, 9.17) is 0 Å². The molecule has 0 aromatic rings. The number of carbonyl (C=O) groups excluding carboxylic acids is 1. The van der Waals surface area contributed by atoms with Gasteiger partial charge in [0.05, 0.1) is 38.8 Å². The van der Waals surface area contributed by atoms with Crippen molar-refractivity contribution in [2.75, 3.05) is 32.7 Å². The van der Waals surface area contributed by atoms with E-state index >= 15 is 0 Å². The Balaban J connectivity index is 0.00000336. The van der Waals surface area contributed by atoms with Crippen molar-refractivity contribution >= 4 is 5.91 Å². The summed E-state index contributed by atoms with van der Waals surface area (Å²) in [7, 11) is 0. The molecule has 5 aliphatic rings. The lowest BCUT2D eigenvalue weighted by molar-refractivity contribution is -0.910. The Labute approximate surface area is 244 Å². The molecule has 5 heteroatoms. The van der Waals surface area contributed by atoms with Gasteiger partial charge >= 0.3 is 0 Å². The monoisotopic (exact) mass is 592 g/mol. The highest BCUT2D eigenvalue weighted by Crippen LogP contribution is 2.68. The van der Waals surface area contributed by atoms with Gasteiger partial charge in [-0.15, -0.1) is 0 Å². The maximum atomic E-state index is 12.8. The van der Waals surface area contributed by atoms with Gasteiger partial charge in [-0.3, -0.25) is 4.79 Å². The molecule has 1 saturated heterocycles. The summed E-state index contributed by atoms with van der Waals surface area (Å²) >= 11 is 0. The molecule has 5 fully saturated rings. The summed E-state index contributed by atoms with van der Waals surface area (Å²) in [6, 6.07) is 0. The number of likely N-dealkylation sites (tertiary alicyclic amines) is 1. The van der Waals surface area contributed by atoms with E-state index in [2.05, 4.69) is 38.7 Å². The third kappa shape index (κ3) is 5.69. The Bertz CT molecular complexity index is 828. The summed E-state index contributed by atoms with van der Waals surface area (Å²) in [6.45, 7) is 17.0. The molecular weight excluding hydrogens is 536 g/mol. The van der Waals surface area contributed by atoms with Crippen molar-refractivity contribution in [3.63, 3.8) is 0 Å². The van der Waals surface area contributed by atoms with Crippen molar-refractivity contribution in [2.24, 2.45) is 46.3 Å². The zero-order valence-electron chi connectivity index (χ0n) is 24.7. The molecule has 0 aromatic heterocycles. The molecule has 5 unspecified atom stereocenters. The normalized spacial score (nSPS) is 42.2. The highest BCUT2D eigenvalue weighted by Gasteiger charge is 2.60. The lowest BCUT2D eigenvalue weighted by atomic mass is 9.44. The number of aliphatic hydroxyl groups excluding tert-OH is 1. The van der Waals surface area contributed by atoms with E-state index in [1.165, 1.54) is 70.9 Å². The number of rotatable bonds is 9. The van der Waals surface area contributed by atoms with E-state index < -0.39 is 0 Å². The maximum absolute atomic E-state index is 12.8. The Morgan fingerprint density at radius 2 is 1.76 bits per heavy atom. The Kier molecular flexibility index (Phi) is 9.84. The third-order valence-electron chi connectivity index (χ3n) is 13.2. The Morgan fingerprint density at radius 1 is 1.05 bits per heavy atom. The summed E-state index contributed by atoms with van der Waals surface area (Å²) in [6.07, 6.45) is 18.0. The minimum atomic E-state index is -0.0487. The molecule has 4 aliphatic carbocycles. The van der Waals surface area contributed by atoms with E-state index in [-0.39, 0.29) is 29.0 Å². The Hall–Kier alpha value is -0.390. The van der Waals surface area contributed by atoms with Gasteiger partial charge in [0.1, 0.15) is 0 Å². The highest BCUT2D eigenvalue weighted by molar-refractivity contribution is 5.75. The molecular formula is C33H57BrN2O2. The van der Waals surface area contributed by atoms with E-state index in [1.807, 2.05) is 0 Å². The summed E-state index contributed by atoms with van der Waals surface area (Å²) < 4.78 is 1.12. The second kappa shape index (κ2) is 12.2. The van der Waals surface area contributed by atoms with Crippen LogP contribution in [-0.4, -0.2) is 54.3 Å². The van der Waals surface area contributed by atoms with Crippen LogP contribution in [0.4, 0.5) is 0 Å². The van der Waals surface area contributed by atoms with Crippen molar-refractivity contribution in [2.45, 2.75) is 110 Å². The van der Waals surface area contributed by atoms with E-state index in [9.17, 15) is 9.90 Å². The number of halogens is 1. The minimum absolute atomic E-state index is 0. The number of nitrogens with one attached hydrogen (secondary N) is 1. The van der Waals surface area contributed by atoms with Crippen LogP contribution in [0.2, 0.25) is 0 Å². The Morgan fingerprint density at radius 3 is 2.50 bits per heavy atom. The molecule has 2 N–H and O–H groups in total. The molecule has 0 bridgehead atoms. The SMILES string of the molecule is C=CC[N+]1(CCNC(=O)CCC(C)[C@H]2CCC3C4CCC5C[C@H](O)CC[C@]5(C)C4CC[C@@]32C)CCCC1.[Br-]. The van der Waals surface area contributed by atoms with Crippen LogP contribution in [0.3, 0.4) is 0 Å². The first kappa shape index (κ1) is 30.6.